The van der Waals surface area contributed by atoms with Crippen molar-refractivity contribution < 1.29 is 4.39 Å². The van der Waals surface area contributed by atoms with E-state index in [2.05, 4.69) is 22.9 Å². The van der Waals surface area contributed by atoms with E-state index in [1.165, 1.54) is 31.4 Å². The second kappa shape index (κ2) is 5.82. The van der Waals surface area contributed by atoms with E-state index >= 15 is 0 Å². The minimum absolute atomic E-state index is 0.250. The molecule has 4 nitrogen and oxygen atoms in total. The summed E-state index contributed by atoms with van der Waals surface area (Å²) in [6, 6.07) is 7.27. The van der Waals surface area contributed by atoms with Crippen molar-refractivity contribution in [2.45, 2.75) is 45.3 Å². The lowest BCUT2D eigenvalue weighted by Crippen LogP contribution is -2.37. The van der Waals surface area contributed by atoms with Crippen molar-refractivity contribution in [1.82, 2.24) is 14.5 Å². The van der Waals surface area contributed by atoms with Gasteiger partial charge in [0.25, 0.3) is 0 Å². The predicted octanol–water partition coefficient (Wildman–Crippen LogP) is 3.07. The molecular weight excluding hydrogens is 267 g/mol. The van der Waals surface area contributed by atoms with Gasteiger partial charge in [-0.25, -0.2) is 9.37 Å². The first kappa shape index (κ1) is 14.0. The first-order chi connectivity index (χ1) is 10.2. The van der Waals surface area contributed by atoms with Gasteiger partial charge in [0.05, 0.1) is 23.6 Å². The van der Waals surface area contributed by atoms with Crippen LogP contribution in [0.5, 0.6) is 0 Å². The van der Waals surface area contributed by atoms with Gasteiger partial charge in [0.15, 0.2) is 0 Å². The van der Waals surface area contributed by atoms with Gasteiger partial charge in [0.2, 0.25) is 0 Å². The Hall–Kier alpha value is -1.93. The highest BCUT2D eigenvalue weighted by Crippen LogP contribution is 2.22. The Balaban J connectivity index is 1.96. The monoisotopic (exact) mass is 286 g/mol. The van der Waals surface area contributed by atoms with Crippen molar-refractivity contribution >= 4 is 11.0 Å². The Morgan fingerprint density at radius 3 is 3.05 bits per heavy atom. The summed E-state index contributed by atoms with van der Waals surface area (Å²) in [5.41, 5.74) is 1.46. The van der Waals surface area contributed by atoms with E-state index in [4.69, 9.17) is 5.26 Å². The summed E-state index contributed by atoms with van der Waals surface area (Å²) >= 11 is 0. The highest BCUT2D eigenvalue weighted by molar-refractivity contribution is 5.76. The topological polar surface area (TPSA) is 44.9 Å². The molecule has 1 unspecified atom stereocenters. The van der Waals surface area contributed by atoms with Crippen LogP contribution in [0.1, 0.15) is 32.0 Å². The maximum atomic E-state index is 13.4. The Labute approximate surface area is 123 Å². The average molecular weight is 286 g/mol. The molecule has 2 aromatic rings. The summed E-state index contributed by atoms with van der Waals surface area (Å²) in [6.45, 7) is 4.26. The second-order valence-corrected chi connectivity index (χ2v) is 5.72. The fourth-order valence-electron chi connectivity index (χ4n) is 3.09. The summed E-state index contributed by atoms with van der Waals surface area (Å²) in [6.07, 6.45) is 3.68. The van der Waals surface area contributed by atoms with Crippen LogP contribution in [0.25, 0.3) is 11.0 Å². The number of aromatic nitrogens is 2. The molecule has 0 N–H and O–H groups in total. The molecule has 1 saturated heterocycles. The Kier molecular flexibility index (Phi) is 3.89. The van der Waals surface area contributed by atoms with Gasteiger partial charge in [-0.1, -0.05) is 6.42 Å². The van der Waals surface area contributed by atoms with Gasteiger partial charge >= 0.3 is 0 Å². The molecule has 3 rings (SSSR count). The first-order valence-corrected chi connectivity index (χ1v) is 7.44. The molecule has 0 saturated carbocycles. The fourth-order valence-corrected chi connectivity index (χ4v) is 3.09. The molecule has 2 heterocycles. The van der Waals surface area contributed by atoms with Crippen molar-refractivity contribution in [2.75, 3.05) is 6.54 Å². The molecule has 1 fully saturated rings. The number of hydrogen-bond donors (Lipinski definition) is 0. The van der Waals surface area contributed by atoms with Crippen molar-refractivity contribution in [2.24, 2.45) is 0 Å². The number of hydrogen-bond acceptors (Lipinski definition) is 3. The van der Waals surface area contributed by atoms with E-state index in [0.717, 1.165) is 24.4 Å². The quantitative estimate of drug-likeness (QED) is 0.871. The molecular formula is C16H19FN4. The molecule has 0 spiro atoms. The minimum Gasteiger partial charge on any atom is -0.313 e. The lowest BCUT2D eigenvalue weighted by molar-refractivity contribution is 0.147. The van der Waals surface area contributed by atoms with Crippen LogP contribution in [0, 0.1) is 17.1 Å². The van der Waals surface area contributed by atoms with Gasteiger partial charge in [0.1, 0.15) is 18.2 Å². The third-order valence-electron chi connectivity index (χ3n) is 4.30. The lowest BCUT2D eigenvalue weighted by atomic mass is 10.0. The van der Waals surface area contributed by atoms with Crippen LogP contribution in [0.4, 0.5) is 4.39 Å². The van der Waals surface area contributed by atoms with Gasteiger partial charge in [0, 0.05) is 12.1 Å². The summed E-state index contributed by atoms with van der Waals surface area (Å²) in [4.78, 5) is 6.95. The normalized spacial score (nSPS) is 19.8. The SMILES string of the molecule is CC1CCCCN1Cc1nc2cc(F)ccc2n1CC#N. The largest absolute Gasteiger partial charge is 0.313 e. The number of rotatable bonds is 3. The highest BCUT2D eigenvalue weighted by Gasteiger charge is 2.21. The van der Waals surface area contributed by atoms with Crippen molar-refractivity contribution in [1.29, 1.82) is 5.26 Å². The third kappa shape index (κ3) is 2.77. The van der Waals surface area contributed by atoms with E-state index < -0.39 is 0 Å². The van der Waals surface area contributed by atoms with E-state index in [0.29, 0.717) is 11.6 Å². The van der Waals surface area contributed by atoms with Crippen LogP contribution in [0.2, 0.25) is 0 Å². The van der Waals surface area contributed by atoms with Gasteiger partial charge < -0.3 is 4.57 Å². The molecule has 1 aliphatic heterocycles. The summed E-state index contributed by atoms with van der Waals surface area (Å²) < 4.78 is 15.3. The van der Waals surface area contributed by atoms with Crippen LogP contribution in [-0.4, -0.2) is 27.0 Å². The number of nitrogens with zero attached hydrogens (tertiary/aromatic N) is 4. The summed E-state index contributed by atoms with van der Waals surface area (Å²) in [5, 5.41) is 9.05. The molecule has 110 valence electrons. The third-order valence-corrected chi connectivity index (χ3v) is 4.30. The maximum Gasteiger partial charge on any atom is 0.125 e. The van der Waals surface area contributed by atoms with Crippen LogP contribution in [0.15, 0.2) is 18.2 Å². The van der Waals surface area contributed by atoms with Crippen molar-refractivity contribution in [3.63, 3.8) is 0 Å². The second-order valence-electron chi connectivity index (χ2n) is 5.72. The number of piperidine rings is 1. The molecule has 5 heteroatoms. The molecule has 0 amide bonds. The molecule has 0 aliphatic carbocycles. The summed E-state index contributed by atoms with van der Waals surface area (Å²) in [7, 11) is 0. The summed E-state index contributed by atoms with van der Waals surface area (Å²) in [5.74, 6) is 0.563. The molecule has 1 atom stereocenters. The van der Waals surface area contributed by atoms with Crippen molar-refractivity contribution in [3.8, 4) is 6.07 Å². The minimum atomic E-state index is -0.290. The maximum absolute atomic E-state index is 13.4. The number of imidazole rings is 1. The number of halogens is 1. The number of fused-ring (bicyclic) bond motifs is 1. The zero-order chi connectivity index (χ0) is 14.8. The van der Waals surface area contributed by atoms with Gasteiger partial charge in [-0.15, -0.1) is 0 Å². The zero-order valence-electron chi connectivity index (χ0n) is 12.2. The number of benzene rings is 1. The standard InChI is InChI=1S/C16H19FN4/c1-12-4-2-3-8-20(12)11-16-19-14-10-13(17)5-6-15(14)21(16)9-7-18/h5-6,10,12H,2-4,8-9,11H2,1H3. The van der Waals surface area contributed by atoms with E-state index in [9.17, 15) is 4.39 Å². The number of likely N-dealkylation sites (tertiary alicyclic amines) is 1. The average Bonchev–Trinajstić information content (AvgIpc) is 2.79. The Bertz CT molecular complexity index is 685. The lowest BCUT2D eigenvalue weighted by Gasteiger charge is -2.32. The molecule has 21 heavy (non-hydrogen) atoms. The van der Waals surface area contributed by atoms with Gasteiger partial charge in [-0.3, -0.25) is 4.90 Å². The molecule has 0 bridgehead atoms. The van der Waals surface area contributed by atoms with Gasteiger partial charge in [-0.2, -0.15) is 5.26 Å². The van der Waals surface area contributed by atoms with Crippen LogP contribution >= 0.6 is 0 Å². The number of nitriles is 1. The van der Waals surface area contributed by atoms with E-state index in [1.807, 2.05) is 4.57 Å². The molecule has 0 radical (unpaired) electrons. The smallest absolute Gasteiger partial charge is 0.125 e. The van der Waals surface area contributed by atoms with Crippen LogP contribution < -0.4 is 0 Å². The van der Waals surface area contributed by atoms with Crippen molar-refractivity contribution in [3.05, 3.63) is 29.8 Å². The first-order valence-electron chi connectivity index (χ1n) is 7.44. The predicted molar refractivity (Wildman–Crippen MR) is 79.0 cm³/mol. The van der Waals surface area contributed by atoms with Crippen LogP contribution in [0.3, 0.4) is 0 Å². The molecule has 1 aliphatic rings. The Morgan fingerprint density at radius 1 is 1.43 bits per heavy atom. The highest BCUT2D eigenvalue weighted by atomic mass is 19.1. The van der Waals surface area contributed by atoms with E-state index in [1.54, 1.807) is 6.07 Å². The zero-order valence-corrected chi connectivity index (χ0v) is 12.2. The van der Waals surface area contributed by atoms with Gasteiger partial charge in [-0.05, 0) is 38.4 Å². The van der Waals surface area contributed by atoms with E-state index in [-0.39, 0.29) is 12.4 Å². The molecule has 1 aromatic heterocycles. The Morgan fingerprint density at radius 2 is 2.29 bits per heavy atom. The molecule has 1 aromatic carbocycles. The fraction of sp³-hybridized carbons (Fsp3) is 0.500. The van der Waals surface area contributed by atoms with Crippen LogP contribution in [-0.2, 0) is 13.1 Å².